The van der Waals surface area contributed by atoms with Crippen molar-refractivity contribution in [2.45, 2.75) is 13.5 Å². The summed E-state index contributed by atoms with van der Waals surface area (Å²) in [6.45, 7) is 2.08. The van der Waals surface area contributed by atoms with Crippen LogP contribution in [0.15, 0.2) is 42.6 Å². The molecule has 3 aromatic rings. The zero-order valence-electron chi connectivity index (χ0n) is 18.5. The summed E-state index contributed by atoms with van der Waals surface area (Å²) < 4.78 is 32.5. The van der Waals surface area contributed by atoms with E-state index < -0.39 is 10.2 Å². The van der Waals surface area contributed by atoms with Crippen LogP contribution in [0.25, 0.3) is 0 Å². The van der Waals surface area contributed by atoms with Crippen molar-refractivity contribution in [3.05, 3.63) is 63.8 Å². The Balaban J connectivity index is 1.71. The number of methoxy groups -OCH3 is 1. The quantitative estimate of drug-likeness (QED) is 0.389. The summed E-state index contributed by atoms with van der Waals surface area (Å²) in [6, 6.07) is 10.7. The lowest BCUT2D eigenvalue weighted by Gasteiger charge is -2.14. The van der Waals surface area contributed by atoms with E-state index in [9.17, 15) is 8.42 Å². The van der Waals surface area contributed by atoms with E-state index in [0.29, 0.717) is 33.2 Å². The van der Waals surface area contributed by atoms with Gasteiger partial charge in [0.1, 0.15) is 5.82 Å². The van der Waals surface area contributed by atoms with E-state index in [-0.39, 0.29) is 6.54 Å². The highest BCUT2D eigenvalue weighted by atomic mass is 35.5. The van der Waals surface area contributed by atoms with Gasteiger partial charge in [0.15, 0.2) is 5.75 Å². The van der Waals surface area contributed by atoms with Crippen molar-refractivity contribution < 1.29 is 13.2 Å². The van der Waals surface area contributed by atoms with E-state index in [0.717, 1.165) is 21.1 Å². The van der Waals surface area contributed by atoms with Crippen LogP contribution in [0.4, 0.5) is 23.1 Å². The van der Waals surface area contributed by atoms with Gasteiger partial charge in [0.05, 0.1) is 17.2 Å². The van der Waals surface area contributed by atoms with Crippen molar-refractivity contribution in [3.63, 3.8) is 0 Å². The van der Waals surface area contributed by atoms with Crippen molar-refractivity contribution in [3.8, 4) is 5.75 Å². The van der Waals surface area contributed by atoms with Crippen molar-refractivity contribution in [2.24, 2.45) is 0 Å². The summed E-state index contributed by atoms with van der Waals surface area (Å²) in [5, 5.41) is 7.06. The Labute approximate surface area is 203 Å². The normalized spacial score (nSPS) is 11.5. The number of aryl methyl sites for hydroxylation is 1. The molecule has 0 radical (unpaired) electrons. The van der Waals surface area contributed by atoms with Gasteiger partial charge in [-0.05, 0) is 36.8 Å². The molecule has 33 heavy (non-hydrogen) atoms. The molecule has 0 aliphatic carbocycles. The highest BCUT2D eigenvalue weighted by Gasteiger charge is 2.13. The molecule has 1 heterocycles. The van der Waals surface area contributed by atoms with Crippen LogP contribution in [0.2, 0.25) is 10.0 Å². The number of nitrogens with one attached hydrogen (secondary N) is 3. The van der Waals surface area contributed by atoms with Crippen LogP contribution >= 0.6 is 23.2 Å². The minimum atomic E-state index is -3.48. The molecule has 0 aliphatic heterocycles. The van der Waals surface area contributed by atoms with Gasteiger partial charge in [-0.2, -0.15) is 22.4 Å². The van der Waals surface area contributed by atoms with Gasteiger partial charge in [0, 0.05) is 43.8 Å². The lowest BCUT2D eigenvalue weighted by Crippen LogP contribution is -2.35. The Morgan fingerprint density at radius 2 is 1.67 bits per heavy atom. The van der Waals surface area contributed by atoms with Crippen molar-refractivity contribution >= 4 is 56.6 Å². The average molecular weight is 511 g/mol. The van der Waals surface area contributed by atoms with Crippen LogP contribution < -0.4 is 20.1 Å². The molecule has 0 saturated carbocycles. The minimum Gasteiger partial charge on any atom is -0.494 e. The molecule has 0 fully saturated rings. The third-order valence-electron chi connectivity index (χ3n) is 4.59. The molecule has 1 aromatic heterocycles. The van der Waals surface area contributed by atoms with Crippen molar-refractivity contribution in [1.29, 1.82) is 0 Å². The summed E-state index contributed by atoms with van der Waals surface area (Å²) in [6.07, 6.45) is 1.69. The lowest BCUT2D eigenvalue weighted by molar-refractivity contribution is 0.415. The Bertz CT molecular complexity index is 1210. The zero-order chi connectivity index (χ0) is 24.2. The maximum absolute atomic E-state index is 11.8. The number of benzene rings is 2. The fraction of sp³-hybridized carbons (Fsp3) is 0.238. The molecule has 0 unspecified atom stereocenters. The average Bonchev–Trinajstić information content (AvgIpc) is 2.75. The molecule has 0 spiro atoms. The van der Waals surface area contributed by atoms with E-state index in [4.69, 9.17) is 27.9 Å². The first-order valence-corrected chi connectivity index (χ1v) is 12.0. The summed E-state index contributed by atoms with van der Waals surface area (Å²) in [5.74, 6) is 1.36. The number of ether oxygens (including phenoxy) is 1. The standard InChI is InChI=1S/C21H24Cl2N6O3S/c1-13-11-24-21(27-16-9-17(22)19(32-4)18(23)10-16)28-20(13)26-15-7-5-14(6-8-15)12-25-33(30,31)29(2)3/h5-11,25H,12H2,1-4H3,(H2,24,26,27,28). The Morgan fingerprint density at radius 1 is 1.03 bits per heavy atom. The maximum Gasteiger partial charge on any atom is 0.279 e. The van der Waals surface area contributed by atoms with Crippen LogP contribution in [-0.2, 0) is 16.8 Å². The number of nitrogens with zero attached hydrogens (tertiary/aromatic N) is 3. The molecule has 0 bridgehead atoms. The van der Waals surface area contributed by atoms with Gasteiger partial charge < -0.3 is 15.4 Å². The van der Waals surface area contributed by atoms with E-state index in [1.165, 1.54) is 21.2 Å². The van der Waals surface area contributed by atoms with Gasteiger partial charge in [-0.25, -0.2) is 4.98 Å². The van der Waals surface area contributed by atoms with Gasteiger partial charge in [0.25, 0.3) is 10.2 Å². The van der Waals surface area contributed by atoms with Crippen LogP contribution in [0.3, 0.4) is 0 Å². The third kappa shape index (κ3) is 6.46. The highest BCUT2D eigenvalue weighted by molar-refractivity contribution is 7.87. The molecule has 12 heteroatoms. The highest BCUT2D eigenvalue weighted by Crippen LogP contribution is 2.36. The summed E-state index contributed by atoms with van der Waals surface area (Å²) in [7, 11) is 0.961. The fourth-order valence-corrected chi connectivity index (χ4v) is 3.98. The molecular formula is C21H24Cl2N6O3S. The number of hydrogen-bond donors (Lipinski definition) is 3. The largest absolute Gasteiger partial charge is 0.494 e. The Hall–Kier alpha value is -2.63. The van der Waals surface area contributed by atoms with Crippen LogP contribution in [0.1, 0.15) is 11.1 Å². The van der Waals surface area contributed by atoms with Gasteiger partial charge in [-0.3, -0.25) is 0 Å². The maximum atomic E-state index is 11.8. The van der Waals surface area contributed by atoms with E-state index in [2.05, 4.69) is 25.3 Å². The van der Waals surface area contributed by atoms with Crippen molar-refractivity contribution in [2.75, 3.05) is 31.8 Å². The second kappa shape index (κ2) is 10.5. The SMILES string of the molecule is COc1c(Cl)cc(Nc2ncc(C)c(Nc3ccc(CNS(=O)(=O)N(C)C)cc3)n2)cc1Cl. The van der Waals surface area contributed by atoms with Gasteiger partial charge in [-0.15, -0.1) is 0 Å². The summed E-state index contributed by atoms with van der Waals surface area (Å²) >= 11 is 12.4. The predicted molar refractivity (Wildman–Crippen MR) is 132 cm³/mol. The van der Waals surface area contributed by atoms with Crippen LogP contribution in [-0.4, -0.2) is 43.9 Å². The number of halogens is 2. The molecule has 2 aromatic carbocycles. The first-order chi connectivity index (χ1) is 15.6. The lowest BCUT2D eigenvalue weighted by atomic mass is 10.2. The second-order valence-corrected chi connectivity index (χ2v) is 10.0. The number of aromatic nitrogens is 2. The molecular weight excluding hydrogens is 487 g/mol. The molecule has 176 valence electrons. The zero-order valence-corrected chi connectivity index (χ0v) is 20.8. The van der Waals surface area contributed by atoms with E-state index in [1.807, 2.05) is 31.2 Å². The van der Waals surface area contributed by atoms with E-state index in [1.54, 1.807) is 18.3 Å². The predicted octanol–water partition coefficient (Wildman–Crippen LogP) is 4.48. The van der Waals surface area contributed by atoms with Gasteiger partial charge in [0.2, 0.25) is 5.95 Å². The Morgan fingerprint density at radius 3 is 2.24 bits per heavy atom. The summed E-state index contributed by atoms with van der Waals surface area (Å²) in [5.41, 5.74) is 3.07. The van der Waals surface area contributed by atoms with E-state index >= 15 is 0 Å². The van der Waals surface area contributed by atoms with Crippen LogP contribution in [0.5, 0.6) is 5.75 Å². The molecule has 0 atom stereocenters. The van der Waals surface area contributed by atoms with Gasteiger partial charge >= 0.3 is 0 Å². The monoisotopic (exact) mass is 510 g/mol. The first kappa shape index (κ1) is 25.0. The molecule has 0 amide bonds. The Kier molecular flexibility index (Phi) is 7.98. The van der Waals surface area contributed by atoms with Gasteiger partial charge in [-0.1, -0.05) is 35.3 Å². The number of anilines is 4. The molecule has 0 aliphatic rings. The smallest absolute Gasteiger partial charge is 0.279 e. The number of rotatable bonds is 9. The molecule has 3 rings (SSSR count). The van der Waals surface area contributed by atoms with Crippen LogP contribution in [0, 0.1) is 6.92 Å². The fourth-order valence-electron chi connectivity index (χ4n) is 2.73. The molecule has 3 N–H and O–H groups in total. The summed E-state index contributed by atoms with van der Waals surface area (Å²) in [4.78, 5) is 8.83. The first-order valence-electron chi connectivity index (χ1n) is 9.76. The second-order valence-electron chi connectivity index (χ2n) is 7.25. The molecule has 0 saturated heterocycles. The topological polar surface area (TPSA) is 108 Å². The minimum absolute atomic E-state index is 0.189. The third-order valence-corrected chi connectivity index (χ3v) is 6.62. The van der Waals surface area contributed by atoms with Crippen molar-refractivity contribution in [1.82, 2.24) is 19.0 Å². The molecule has 9 nitrogen and oxygen atoms in total. The number of hydrogen-bond acceptors (Lipinski definition) is 7.